The summed E-state index contributed by atoms with van der Waals surface area (Å²) >= 11 is 0. The van der Waals surface area contributed by atoms with Crippen LogP contribution < -0.4 is 0 Å². The zero-order valence-electron chi connectivity index (χ0n) is 22.3. The first-order valence-electron chi connectivity index (χ1n) is 11.9. The van der Waals surface area contributed by atoms with Crippen LogP contribution in [0, 0.1) is 13.8 Å². The van der Waals surface area contributed by atoms with Crippen LogP contribution in [0.2, 0.25) is 0 Å². The van der Waals surface area contributed by atoms with Crippen molar-refractivity contribution in [3.8, 4) is 5.75 Å². The van der Waals surface area contributed by atoms with Gasteiger partial charge in [0.05, 0.1) is 5.69 Å². The van der Waals surface area contributed by atoms with Gasteiger partial charge < -0.3 is 5.11 Å². The molecule has 0 saturated carbocycles. The number of rotatable bonds is 2. The van der Waals surface area contributed by atoms with Crippen LogP contribution >= 0.6 is 0 Å². The third-order valence-electron chi connectivity index (χ3n) is 5.21. The summed E-state index contributed by atoms with van der Waals surface area (Å²) in [7, 11) is 0. The molecule has 3 aromatic rings. The second-order valence-corrected chi connectivity index (χ2v) is 10.2. The number of hydrogen-bond acceptors (Lipinski definition) is 2. The predicted octanol–water partition coefficient (Wildman–Crippen LogP) is 9.07. The minimum atomic E-state index is -0.128. The Bertz CT molecular complexity index is 1020. The molecule has 0 aliphatic heterocycles. The lowest BCUT2D eigenvalue weighted by Gasteiger charge is -2.27. The molecule has 3 rings (SSSR count). The number of aliphatic imine (C=N–C) groups is 1. The number of phenols is 1. The quantitative estimate of drug-likeness (QED) is 0.392. The van der Waals surface area contributed by atoms with E-state index in [0.717, 1.165) is 22.4 Å². The monoisotopic (exact) mass is 445 g/mol. The molecule has 0 spiro atoms. The standard InChI is InChI=1S/C22H29NO.C7H8.C2H6/c1-15-10-8-9-11-19(15)23-14-16-12-17(21(2,3)4)13-18(20(16)24)22(5,6)7;1-7-5-3-2-4-6-7;1-2/h8-14,24H,1-7H3;2-6H,1H3;1-2H3. The van der Waals surface area contributed by atoms with Crippen LogP contribution in [0.4, 0.5) is 5.69 Å². The van der Waals surface area contributed by atoms with Crippen LogP contribution in [0.15, 0.2) is 71.7 Å². The lowest BCUT2D eigenvalue weighted by Crippen LogP contribution is -2.17. The molecule has 0 radical (unpaired) electrons. The van der Waals surface area contributed by atoms with Crippen molar-refractivity contribution in [2.75, 3.05) is 0 Å². The lowest BCUT2D eigenvalue weighted by atomic mass is 9.79. The molecule has 0 amide bonds. The fourth-order valence-corrected chi connectivity index (χ4v) is 3.14. The van der Waals surface area contributed by atoms with Crippen LogP contribution in [0.5, 0.6) is 5.75 Å². The second-order valence-electron chi connectivity index (χ2n) is 10.2. The Morgan fingerprint density at radius 3 is 1.73 bits per heavy atom. The molecule has 2 heteroatoms. The Balaban J connectivity index is 0.000000508. The highest BCUT2D eigenvalue weighted by atomic mass is 16.3. The minimum Gasteiger partial charge on any atom is -0.507 e. The van der Waals surface area contributed by atoms with E-state index in [0.29, 0.717) is 5.75 Å². The second kappa shape index (κ2) is 12.4. The van der Waals surface area contributed by atoms with Gasteiger partial charge in [0.1, 0.15) is 5.75 Å². The van der Waals surface area contributed by atoms with Gasteiger partial charge in [0, 0.05) is 17.3 Å². The van der Waals surface area contributed by atoms with Crippen LogP contribution in [0.3, 0.4) is 0 Å². The molecule has 3 aromatic carbocycles. The van der Waals surface area contributed by atoms with E-state index in [4.69, 9.17) is 0 Å². The molecule has 0 saturated heterocycles. The zero-order chi connectivity index (χ0) is 25.2. The smallest absolute Gasteiger partial charge is 0.128 e. The third-order valence-corrected chi connectivity index (χ3v) is 5.21. The first-order chi connectivity index (χ1) is 15.4. The van der Waals surface area contributed by atoms with Gasteiger partial charge in [0.25, 0.3) is 0 Å². The predicted molar refractivity (Wildman–Crippen MR) is 146 cm³/mol. The van der Waals surface area contributed by atoms with Gasteiger partial charge in [0.2, 0.25) is 0 Å². The molecule has 2 nitrogen and oxygen atoms in total. The van der Waals surface area contributed by atoms with Crippen LogP contribution in [0.1, 0.15) is 83.2 Å². The molecule has 0 fully saturated rings. The molecule has 33 heavy (non-hydrogen) atoms. The number of aryl methyl sites for hydroxylation is 2. The highest BCUT2D eigenvalue weighted by Crippen LogP contribution is 2.37. The average molecular weight is 446 g/mol. The Labute approximate surface area is 202 Å². The maximum atomic E-state index is 10.8. The topological polar surface area (TPSA) is 32.6 Å². The summed E-state index contributed by atoms with van der Waals surface area (Å²) < 4.78 is 0. The van der Waals surface area contributed by atoms with Gasteiger partial charge in [-0.25, -0.2) is 0 Å². The number of hydrogen-bond donors (Lipinski definition) is 1. The number of aromatic hydroxyl groups is 1. The molecule has 0 aromatic heterocycles. The Morgan fingerprint density at radius 1 is 0.727 bits per heavy atom. The number of para-hydroxylation sites is 1. The van der Waals surface area contributed by atoms with Gasteiger partial charge in [-0.05, 0) is 47.9 Å². The Kier molecular flexibility index (Phi) is 10.6. The summed E-state index contributed by atoms with van der Waals surface area (Å²) in [6, 6.07) is 22.4. The van der Waals surface area contributed by atoms with E-state index < -0.39 is 0 Å². The molecule has 178 valence electrons. The fourth-order valence-electron chi connectivity index (χ4n) is 3.14. The van der Waals surface area contributed by atoms with E-state index in [1.807, 2.05) is 69.3 Å². The lowest BCUT2D eigenvalue weighted by molar-refractivity contribution is 0.444. The van der Waals surface area contributed by atoms with Gasteiger partial charge >= 0.3 is 0 Å². The van der Waals surface area contributed by atoms with E-state index in [1.54, 1.807) is 6.21 Å². The van der Waals surface area contributed by atoms with Crippen molar-refractivity contribution in [3.05, 3.63) is 94.5 Å². The van der Waals surface area contributed by atoms with Crippen molar-refractivity contribution in [3.63, 3.8) is 0 Å². The SMILES string of the molecule is CC.Cc1ccccc1.Cc1ccccc1N=Cc1cc(C(C)(C)C)cc(C(C)(C)C)c1O. The normalized spacial score (nSPS) is 11.3. The number of nitrogens with zero attached hydrogens (tertiary/aromatic N) is 1. The van der Waals surface area contributed by atoms with Crippen molar-refractivity contribution >= 4 is 11.9 Å². The minimum absolute atomic E-state index is 0.0129. The Hall–Kier alpha value is -2.87. The van der Waals surface area contributed by atoms with E-state index in [9.17, 15) is 5.11 Å². The molecule has 0 aliphatic rings. The van der Waals surface area contributed by atoms with Gasteiger partial charge in [-0.3, -0.25) is 4.99 Å². The summed E-state index contributed by atoms with van der Waals surface area (Å²) in [5, 5.41) is 10.8. The number of phenolic OH excluding ortho intramolecular Hbond substituents is 1. The Morgan fingerprint density at radius 2 is 1.27 bits per heavy atom. The van der Waals surface area contributed by atoms with Gasteiger partial charge in [-0.1, -0.05) is 116 Å². The average Bonchev–Trinajstić information content (AvgIpc) is 2.75. The van der Waals surface area contributed by atoms with Crippen molar-refractivity contribution in [2.24, 2.45) is 4.99 Å². The first kappa shape index (κ1) is 28.2. The molecule has 0 unspecified atom stereocenters. The summed E-state index contributed by atoms with van der Waals surface area (Å²) in [6.45, 7) is 21.1. The van der Waals surface area contributed by atoms with E-state index in [2.05, 4.69) is 71.7 Å². The van der Waals surface area contributed by atoms with E-state index >= 15 is 0 Å². The maximum absolute atomic E-state index is 10.8. The largest absolute Gasteiger partial charge is 0.507 e. The van der Waals surface area contributed by atoms with Crippen molar-refractivity contribution in [2.45, 2.75) is 80.1 Å². The van der Waals surface area contributed by atoms with Gasteiger partial charge in [-0.15, -0.1) is 0 Å². The molecular formula is C31H43NO. The fraction of sp³-hybridized carbons (Fsp3) is 0.387. The van der Waals surface area contributed by atoms with Crippen molar-refractivity contribution in [1.29, 1.82) is 0 Å². The molecule has 1 N–H and O–H groups in total. The third kappa shape index (κ3) is 8.88. The number of benzene rings is 3. The van der Waals surface area contributed by atoms with Gasteiger partial charge in [0.15, 0.2) is 0 Å². The summed E-state index contributed by atoms with van der Waals surface area (Å²) in [4.78, 5) is 4.60. The summed E-state index contributed by atoms with van der Waals surface area (Å²) in [6.07, 6.45) is 1.78. The highest BCUT2D eigenvalue weighted by Gasteiger charge is 2.24. The van der Waals surface area contributed by atoms with Crippen LogP contribution in [-0.2, 0) is 10.8 Å². The van der Waals surface area contributed by atoms with Crippen LogP contribution in [-0.4, -0.2) is 11.3 Å². The molecule has 0 aliphatic carbocycles. The molecule has 0 heterocycles. The first-order valence-corrected chi connectivity index (χ1v) is 11.9. The zero-order valence-corrected chi connectivity index (χ0v) is 22.3. The highest BCUT2D eigenvalue weighted by molar-refractivity contribution is 5.87. The summed E-state index contributed by atoms with van der Waals surface area (Å²) in [5.41, 5.74) is 6.19. The van der Waals surface area contributed by atoms with Gasteiger partial charge in [-0.2, -0.15) is 0 Å². The molecule has 0 bridgehead atoms. The molecular weight excluding hydrogens is 402 g/mol. The summed E-state index contributed by atoms with van der Waals surface area (Å²) in [5.74, 6) is 0.327. The van der Waals surface area contributed by atoms with Crippen molar-refractivity contribution < 1.29 is 5.11 Å². The van der Waals surface area contributed by atoms with E-state index in [-0.39, 0.29) is 10.8 Å². The van der Waals surface area contributed by atoms with Crippen molar-refractivity contribution in [1.82, 2.24) is 0 Å². The maximum Gasteiger partial charge on any atom is 0.128 e. The van der Waals surface area contributed by atoms with Crippen LogP contribution in [0.25, 0.3) is 0 Å². The van der Waals surface area contributed by atoms with E-state index in [1.165, 1.54) is 11.1 Å². The molecule has 0 atom stereocenters.